The minimum atomic E-state index is -3.39. The lowest BCUT2D eigenvalue weighted by molar-refractivity contribution is 0.196. The number of methoxy groups -OCH3 is 1. The average Bonchev–Trinajstić information content (AvgIpc) is 2.36. The predicted molar refractivity (Wildman–Crippen MR) is 75.6 cm³/mol. The van der Waals surface area contributed by atoms with Crippen LogP contribution in [0.1, 0.15) is 12.0 Å². The van der Waals surface area contributed by atoms with Gasteiger partial charge in [0.25, 0.3) is 0 Å². The fourth-order valence-corrected chi connectivity index (χ4v) is 2.98. The molecule has 6 heteroatoms. The summed E-state index contributed by atoms with van der Waals surface area (Å²) in [5.74, 6) is 0. The second kappa shape index (κ2) is 7.89. The summed E-state index contributed by atoms with van der Waals surface area (Å²) in [7, 11) is -1.80. The summed E-state index contributed by atoms with van der Waals surface area (Å²) < 4.78 is 31.2. The highest BCUT2D eigenvalue weighted by atomic mass is 79.9. The molecular weight excluding hydrogens is 318 g/mol. The van der Waals surface area contributed by atoms with Crippen LogP contribution < -0.4 is 4.72 Å². The molecule has 0 fully saturated rings. The van der Waals surface area contributed by atoms with Crippen molar-refractivity contribution in [3.63, 3.8) is 0 Å². The molecule has 0 radical (unpaired) electrons. The van der Waals surface area contributed by atoms with E-state index in [1.165, 1.54) is 0 Å². The quantitative estimate of drug-likeness (QED) is 0.583. The number of rotatable bonds is 8. The Labute approximate surface area is 117 Å². The Bertz CT molecular complexity index is 445. The van der Waals surface area contributed by atoms with Gasteiger partial charge in [-0.15, -0.1) is 0 Å². The van der Waals surface area contributed by atoms with Gasteiger partial charge in [-0.25, -0.2) is 13.1 Å². The summed E-state index contributed by atoms with van der Waals surface area (Å²) in [6.45, 7) is 0.937. The fraction of sp³-hybridized carbons (Fsp3) is 0.500. The average molecular weight is 336 g/mol. The van der Waals surface area contributed by atoms with E-state index in [-0.39, 0.29) is 0 Å². The zero-order valence-corrected chi connectivity index (χ0v) is 12.8. The van der Waals surface area contributed by atoms with Crippen molar-refractivity contribution in [2.24, 2.45) is 0 Å². The minimum Gasteiger partial charge on any atom is -0.385 e. The summed E-state index contributed by atoms with van der Waals surface area (Å²) >= 11 is 3.35. The van der Waals surface area contributed by atoms with Crippen molar-refractivity contribution in [2.45, 2.75) is 17.7 Å². The molecule has 1 aromatic rings. The van der Waals surface area contributed by atoms with E-state index in [0.29, 0.717) is 24.5 Å². The van der Waals surface area contributed by atoms with Gasteiger partial charge in [-0.1, -0.05) is 28.1 Å². The van der Waals surface area contributed by atoms with Crippen LogP contribution in [0.15, 0.2) is 29.2 Å². The molecule has 0 unspecified atom stereocenters. The molecule has 0 saturated carbocycles. The van der Waals surface area contributed by atoms with Crippen LogP contribution in [0, 0.1) is 0 Å². The lowest BCUT2D eigenvalue weighted by Crippen LogP contribution is -2.25. The number of nitrogens with one attached hydrogen (secondary N) is 1. The maximum absolute atomic E-state index is 11.9. The second-order valence-corrected chi connectivity index (χ2v) is 6.39. The maximum Gasteiger partial charge on any atom is 0.240 e. The van der Waals surface area contributed by atoms with Gasteiger partial charge in [0.15, 0.2) is 0 Å². The van der Waals surface area contributed by atoms with E-state index >= 15 is 0 Å². The number of alkyl halides is 1. The zero-order valence-electron chi connectivity index (χ0n) is 10.4. The number of sulfonamides is 1. The first-order valence-electron chi connectivity index (χ1n) is 5.73. The molecule has 0 spiro atoms. The van der Waals surface area contributed by atoms with Gasteiger partial charge in [0, 0.05) is 25.6 Å². The summed E-state index contributed by atoms with van der Waals surface area (Å²) in [5, 5.41) is 0.869. The Hall–Kier alpha value is -0.430. The number of hydrogen-bond donors (Lipinski definition) is 1. The molecule has 1 aromatic carbocycles. The molecule has 0 bridgehead atoms. The Kier molecular flexibility index (Phi) is 6.85. The molecule has 1 rings (SSSR count). The van der Waals surface area contributed by atoms with Crippen LogP contribution >= 0.6 is 15.9 Å². The van der Waals surface area contributed by atoms with E-state index in [1.54, 1.807) is 19.2 Å². The van der Waals surface area contributed by atoms with Gasteiger partial charge < -0.3 is 4.74 Å². The van der Waals surface area contributed by atoms with Crippen molar-refractivity contribution in [2.75, 3.05) is 25.6 Å². The van der Waals surface area contributed by atoms with Crippen LogP contribution in [-0.2, 0) is 21.2 Å². The Balaban J connectivity index is 2.61. The van der Waals surface area contributed by atoms with Crippen molar-refractivity contribution in [3.8, 4) is 0 Å². The molecule has 18 heavy (non-hydrogen) atoms. The van der Waals surface area contributed by atoms with Crippen LogP contribution in [-0.4, -0.2) is 34.0 Å². The standard InChI is InChI=1S/C12H18BrNO3S/c1-17-10-2-9-14-18(15,16)12-5-3-11(4-6-12)7-8-13/h3-6,14H,2,7-10H2,1H3. The summed E-state index contributed by atoms with van der Waals surface area (Å²) in [6, 6.07) is 6.95. The molecule has 102 valence electrons. The van der Waals surface area contributed by atoms with Gasteiger partial charge in [0.05, 0.1) is 4.90 Å². The predicted octanol–water partition coefficient (Wildman–Crippen LogP) is 1.94. The second-order valence-electron chi connectivity index (χ2n) is 3.83. The first kappa shape index (κ1) is 15.6. The summed E-state index contributed by atoms with van der Waals surface area (Å²) in [5.41, 5.74) is 1.12. The highest BCUT2D eigenvalue weighted by Crippen LogP contribution is 2.11. The van der Waals surface area contributed by atoms with Gasteiger partial charge in [-0.05, 0) is 30.5 Å². The molecule has 0 amide bonds. The monoisotopic (exact) mass is 335 g/mol. The van der Waals surface area contributed by atoms with Crippen molar-refractivity contribution >= 4 is 26.0 Å². The van der Waals surface area contributed by atoms with Gasteiger partial charge in [0.1, 0.15) is 0 Å². The molecule has 0 heterocycles. The van der Waals surface area contributed by atoms with E-state index in [2.05, 4.69) is 20.7 Å². The molecule has 4 nitrogen and oxygen atoms in total. The van der Waals surface area contributed by atoms with Crippen LogP contribution in [0.25, 0.3) is 0 Å². The first-order valence-corrected chi connectivity index (χ1v) is 8.34. The summed E-state index contributed by atoms with van der Waals surface area (Å²) in [4.78, 5) is 0.304. The number of aryl methyl sites for hydroxylation is 1. The third-order valence-electron chi connectivity index (χ3n) is 2.43. The molecule has 0 aliphatic carbocycles. The molecule has 0 atom stereocenters. The molecular formula is C12H18BrNO3S. The fourth-order valence-electron chi connectivity index (χ4n) is 1.45. The maximum atomic E-state index is 11.9. The third-order valence-corrected chi connectivity index (χ3v) is 4.31. The molecule has 0 aliphatic rings. The third kappa shape index (κ3) is 5.06. The van der Waals surface area contributed by atoms with E-state index in [0.717, 1.165) is 17.3 Å². The number of benzene rings is 1. The lowest BCUT2D eigenvalue weighted by atomic mass is 10.2. The van der Waals surface area contributed by atoms with E-state index in [9.17, 15) is 8.42 Å². The molecule has 0 aliphatic heterocycles. The van der Waals surface area contributed by atoms with Crippen LogP contribution in [0.2, 0.25) is 0 Å². The Morgan fingerprint density at radius 3 is 2.50 bits per heavy atom. The van der Waals surface area contributed by atoms with E-state index < -0.39 is 10.0 Å². The van der Waals surface area contributed by atoms with Crippen molar-refractivity contribution in [3.05, 3.63) is 29.8 Å². The largest absolute Gasteiger partial charge is 0.385 e. The molecule has 0 aromatic heterocycles. The molecule has 1 N–H and O–H groups in total. The first-order chi connectivity index (χ1) is 8.60. The normalized spacial score (nSPS) is 11.7. The van der Waals surface area contributed by atoms with Crippen molar-refractivity contribution in [1.29, 1.82) is 0 Å². The highest BCUT2D eigenvalue weighted by Gasteiger charge is 2.12. The number of ether oxygens (including phenoxy) is 1. The lowest BCUT2D eigenvalue weighted by Gasteiger charge is -2.07. The highest BCUT2D eigenvalue weighted by molar-refractivity contribution is 9.09. The SMILES string of the molecule is COCCCNS(=O)(=O)c1ccc(CCBr)cc1. The minimum absolute atomic E-state index is 0.304. The smallest absolute Gasteiger partial charge is 0.240 e. The van der Waals surface area contributed by atoms with Gasteiger partial charge >= 0.3 is 0 Å². The number of halogens is 1. The van der Waals surface area contributed by atoms with Crippen LogP contribution in [0.5, 0.6) is 0 Å². The number of hydrogen-bond acceptors (Lipinski definition) is 3. The summed E-state index contributed by atoms with van der Waals surface area (Å²) in [6.07, 6.45) is 1.55. The Morgan fingerprint density at radius 2 is 1.94 bits per heavy atom. The Morgan fingerprint density at radius 1 is 1.28 bits per heavy atom. The van der Waals surface area contributed by atoms with Crippen molar-refractivity contribution < 1.29 is 13.2 Å². The van der Waals surface area contributed by atoms with Crippen LogP contribution in [0.3, 0.4) is 0 Å². The zero-order chi connectivity index (χ0) is 13.4. The van der Waals surface area contributed by atoms with Gasteiger partial charge in [-0.3, -0.25) is 0 Å². The van der Waals surface area contributed by atoms with Crippen LogP contribution in [0.4, 0.5) is 0 Å². The van der Waals surface area contributed by atoms with Gasteiger partial charge in [-0.2, -0.15) is 0 Å². The van der Waals surface area contributed by atoms with E-state index in [1.807, 2.05) is 12.1 Å². The van der Waals surface area contributed by atoms with Crippen molar-refractivity contribution in [1.82, 2.24) is 4.72 Å². The van der Waals surface area contributed by atoms with Gasteiger partial charge in [0.2, 0.25) is 10.0 Å². The topological polar surface area (TPSA) is 55.4 Å². The van der Waals surface area contributed by atoms with E-state index in [4.69, 9.17) is 4.74 Å². The molecule has 0 saturated heterocycles.